The van der Waals surface area contributed by atoms with E-state index in [2.05, 4.69) is 34.6 Å². The Balaban J connectivity index is 5.24. The van der Waals surface area contributed by atoms with Gasteiger partial charge in [0, 0.05) is 25.7 Å². The van der Waals surface area contributed by atoms with Crippen molar-refractivity contribution in [2.24, 2.45) is 5.92 Å². The number of phosphoric acid groups is 2. The first-order valence-electron chi connectivity index (χ1n) is 34.2. The molecule has 0 spiro atoms. The summed E-state index contributed by atoms with van der Waals surface area (Å²) in [6.07, 6.45) is 42.9. The first-order valence-corrected chi connectivity index (χ1v) is 37.2. The van der Waals surface area contributed by atoms with Crippen LogP contribution >= 0.6 is 15.6 Å². The van der Waals surface area contributed by atoms with Crippen molar-refractivity contribution in [3.63, 3.8) is 0 Å². The van der Waals surface area contributed by atoms with Gasteiger partial charge < -0.3 is 33.8 Å². The Morgan fingerprint density at radius 1 is 0.333 bits per heavy atom. The van der Waals surface area contributed by atoms with Gasteiger partial charge in [0.05, 0.1) is 26.4 Å². The number of hydrogen-bond donors (Lipinski definition) is 3. The van der Waals surface area contributed by atoms with Crippen LogP contribution in [0.4, 0.5) is 0 Å². The highest BCUT2D eigenvalue weighted by atomic mass is 31.2. The molecule has 0 aromatic heterocycles. The normalized spacial score (nSPS) is 14.5. The van der Waals surface area contributed by atoms with Crippen molar-refractivity contribution >= 4 is 39.5 Å². The van der Waals surface area contributed by atoms with Crippen LogP contribution < -0.4 is 0 Å². The maximum absolute atomic E-state index is 13.0. The average molecular weight is 1240 g/mol. The minimum Gasteiger partial charge on any atom is -0.462 e. The second-order valence-electron chi connectivity index (χ2n) is 23.7. The second-order valence-corrected chi connectivity index (χ2v) is 26.7. The number of phosphoric ester groups is 2. The number of rotatable bonds is 65. The molecule has 19 heteroatoms. The number of aliphatic hydroxyl groups excluding tert-OH is 1. The van der Waals surface area contributed by atoms with E-state index >= 15 is 0 Å². The van der Waals surface area contributed by atoms with Gasteiger partial charge >= 0.3 is 39.5 Å². The number of carbonyl (C=O) groups excluding carboxylic acids is 4. The summed E-state index contributed by atoms with van der Waals surface area (Å²) >= 11 is 0. The lowest BCUT2D eigenvalue weighted by Gasteiger charge is -2.21. The molecule has 0 amide bonds. The predicted octanol–water partition coefficient (Wildman–Crippen LogP) is 18.2. The molecule has 84 heavy (non-hydrogen) atoms. The van der Waals surface area contributed by atoms with E-state index < -0.39 is 97.5 Å². The van der Waals surface area contributed by atoms with Gasteiger partial charge in [0.15, 0.2) is 12.2 Å². The van der Waals surface area contributed by atoms with Gasteiger partial charge in [0.1, 0.15) is 19.3 Å². The molecule has 0 aliphatic carbocycles. The minimum absolute atomic E-state index is 0.103. The molecule has 0 saturated carbocycles. The molecule has 0 radical (unpaired) electrons. The second kappa shape index (κ2) is 58.7. The van der Waals surface area contributed by atoms with Crippen LogP contribution in [-0.2, 0) is 65.4 Å². The number of aliphatic hydroxyl groups is 1. The number of ether oxygens (including phenoxy) is 4. The van der Waals surface area contributed by atoms with Crippen LogP contribution in [0.15, 0.2) is 0 Å². The summed E-state index contributed by atoms with van der Waals surface area (Å²) in [5.41, 5.74) is 0. The molecule has 0 aromatic rings. The zero-order valence-electron chi connectivity index (χ0n) is 54.0. The minimum atomic E-state index is -4.94. The lowest BCUT2D eigenvalue weighted by Crippen LogP contribution is -2.30. The molecule has 0 bridgehead atoms. The van der Waals surface area contributed by atoms with Gasteiger partial charge in [-0.05, 0) is 31.6 Å². The summed E-state index contributed by atoms with van der Waals surface area (Å²) in [6.45, 7) is 7.15. The topological polar surface area (TPSA) is 237 Å². The monoisotopic (exact) mass is 1240 g/mol. The molecule has 0 saturated heterocycles. The molecule has 3 N–H and O–H groups in total. The first-order chi connectivity index (χ1) is 40.6. The van der Waals surface area contributed by atoms with Gasteiger partial charge in [-0.1, -0.05) is 279 Å². The molecule has 17 nitrogen and oxygen atoms in total. The summed E-state index contributed by atoms with van der Waals surface area (Å²) in [5.74, 6) is -1.41. The Hall–Kier alpha value is -1.94. The van der Waals surface area contributed by atoms with Crippen LogP contribution in [0.5, 0.6) is 0 Å². The van der Waals surface area contributed by atoms with Crippen molar-refractivity contribution in [1.82, 2.24) is 0 Å². The van der Waals surface area contributed by atoms with E-state index in [1.54, 1.807) is 0 Å². The summed E-state index contributed by atoms with van der Waals surface area (Å²) in [6, 6.07) is 0. The Labute approximate surface area is 511 Å². The maximum atomic E-state index is 13.0. The van der Waals surface area contributed by atoms with Crippen molar-refractivity contribution in [2.45, 2.75) is 348 Å². The summed E-state index contributed by atoms with van der Waals surface area (Å²) in [4.78, 5) is 72.2. The summed E-state index contributed by atoms with van der Waals surface area (Å²) in [5, 5.41) is 10.5. The van der Waals surface area contributed by atoms with Gasteiger partial charge in [-0.2, -0.15) is 0 Å². The van der Waals surface area contributed by atoms with Gasteiger partial charge in [-0.15, -0.1) is 0 Å². The lowest BCUT2D eigenvalue weighted by atomic mass is 10.00. The third-order valence-corrected chi connectivity index (χ3v) is 17.3. The van der Waals surface area contributed by atoms with Crippen LogP contribution in [0.25, 0.3) is 0 Å². The largest absolute Gasteiger partial charge is 0.472 e. The fourth-order valence-electron chi connectivity index (χ4n) is 9.73. The molecular weight excluding hydrogens is 1110 g/mol. The van der Waals surface area contributed by atoms with Crippen LogP contribution in [0, 0.1) is 5.92 Å². The summed E-state index contributed by atoms with van der Waals surface area (Å²) in [7, 11) is -9.89. The smallest absolute Gasteiger partial charge is 0.462 e. The van der Waals surface area contributed by atoms with E-state index in [0.29, 0.717) is 25.7 Å². The third-order valence-electron chi connectivity index (χ3n) is 15.4. The highest BCUT2D eigenvalue weighted by Gasteiger charge is 2.30. The van der Waals surface area contributed by atoms with Crippen molar-refractivity contribution in [3.05, 3.63) is 0 Å². The predicted molar refractivity (Wildman–Crippen MR) is 335 cm³/mol. The van der Waals surface area contributed by atoms with Crippen LogP contribution in [0.3, 0.4) is 0 Å². The number of carbonyl (C=O) groups is 4. The van der Waals surface area contributed by atoms with Crippen LogP contribution in [0.1, 0.15) is 330 Å². The molecule has 0 fully saturated rings. The van der Waals surface area contributed by atoms with Crippen LogP contribution in [0.2, 0.25) is 0 Å². The molecule has 0 aromatic carbocycles. The van der Waals surface area contributed by atoms with E-state index in [1.165, 1.54) is 154 Å². The number of hydrogen-bond acceptors (Lipinski definition) is 15. The first kappa shape index (κ1) is 82.1. The summed E-state index contributed by atoms with van der Waals surface area (Å²) < 4.78 is 68.0. The van der Waals surface area contributed by atoms with Gasteiger partial charge in [0.2, 0.25) is 0 Å². The SMILES string of the molecule is CCCCCCCCCCCCCCCC(=O)O[C@H](COC(=O)CCCCCCCCCCCCC)COP(=O)(O)OC[C@@H](O)COP(=O)(O)OC[C@@H](COC(=O)CCCCCCCCCCCC)OC(=O)CCCCCCCCC(C)CC. The number of unbranched alkanes of at least 4 members (excludes halogenated alkanes) is 36. The molecule has 0 rings (SSSR count). The quantitative estimate of drug-likeness (QED) is 0.0222. The maximum Gasteiger partial charge on any atom is 0.472 e. The van der Waals surface area contributed by atoms with Crippen LogP contribution in [-0.4, -0.2) is 96.7 Å². The Kier molecular flexibility index (Phi) is 57.4. The van der Waals surface area contributed by atoms with Gasteiger partial charge in [0.25, 0.3) is 0 Å². The van der Waals surface area contributed by atoms with E-state index in [9.17, 15) is 43.2 Å². The molecule has 6 atom stereocenters. The molecule has 498 valence electrons. The zero-order chi connectivity index (χ0) is 62.0. The van der Waals surface area contributed by atoms with E-state index in [0.717, 1.165) is 95.8 Å². The Bertz CT molecular complexity index is 1640. The Morgan fingerprint density at radius 3 is 0.845 bits per heavy atom. The fourth-order valence-corrected chi connectivity index (χ4v) is 11.3. The third kappa shape index (κ3) is 57.8. The van der Waals surface area contributed by atoms with E-state index in [1.807, 2.05) is 0 Å². The fraction of sp³-hybridized carbons (Fsp3) is 0.938. The van der Waals surface area contributed by atoms with Crippen molar-refractivity contribution in [2.75, 3.05) is 39.6 Å². The van der Waals surface area contributed by atoms with Gasteiger partial charge in [-0.3, -0.25) is 37.3 Å². The van der Waals surface area contributed by atoms with Gasteiger partial charge in [-0.25, -0.2) is 9.13 Å². The highest BCUT2D eigenvalue weighted by Crippen LogP contribution is 2.45. The van der Waals surface area contributed by atoms with E-state index in [-0.39, 0.29) is 25.7 Å². The molecule has 0 heterocycles. The zero-order valence-corrected chi connectivity index (χ0v) is 55.8. The molecule has 0 aliphatic rings. The Morgan fingerprint density at radius 2 is 0.571 bits per heavy atom. The van der Waals surface area contributed by atoms with Crippen molar-refractivity contribution in [1.29, 1.82) is 0 Å². The molecular formula is C65H126O17P2. The highest BCUT2D eigenvalue weighted by molar-refractivity contribution is 7.47. The van der Waals surface area contributed by atoms with Crippen molar-refractivity contribution < 1.29 is 80.2 Å². The standard InChI is InChI=1S/C65H126O17P2/c1-6-10-13-16-19-22-25-26-28-31-34-40-45-50-64(69)81-60(54-75-63(68)49-44-39-33-30-27-23-20-17-14-11-7-2)56-79-83(71,72)77-52-59(66)53-78-84(73,74)80-57-61(82-65(70)51-46-41-36-35-37-42-47-58(5)9-4)55-76-62(67)48-43-38-32-29-24-21-18-15-12-8-3/h58-61,66H,6-57H2,1-5H3,(H,71,72)(H,73,74)/t58?,59-,60-,61-/m1/s1. The number of esters is 4. The van der Waals surface area contributed by atoms with E-state index in [4.69, 9.17) is 37.0 Å². The average Bonchev–Trinajstić information content (AvgIpc) is 3.60. The lowest BCUT2D eigenvalue weighted by molar-refractivity contribution is -0.161. The molecule has 3 unspecified atom stereocenters. The van der Waals surface area contributed by atoms with Crippen molar-refractivity contribution in [3.8, 4) is 0 Å². The molecule has 0 aliphatic heterocycles.